The smallest absolute Gasteiger partial charge is 0.246 e. The van der Waals surface area contributed by atoms with Crippen molar-refractivity contribution in [2.45, 2.75) is 71.7 Å². The van der Waals surface area contributed by atoms with Crippen LogP contribution in [0.3, 0.4) is 0 Å². The minimum Gasteiger partial charge on any atom is -0.391 e. The number of ketones is 1. The average Bonchev–Trinajstić information content (AvgIpc) is 3.43. The summed E-state index contributed by atoms with van der Waals surface area (Å²) in [6, 6.07) is 6.13. The first-order valence-electron chi connectivity index (χ1n) is 12.5. The van der Waals surface area contributed by atoms with E-state index in [0.717, 1.165) is 21.7 Å². The molecule has 0 unspecified atom stereocenters. The fraction of sp³-hybridized carbons (Fsp3) is 0.519. The highest BCUT2D eigenvalue weighted by atomic mass is 32.1. The van der Waals surface area contributed by atoms with Gasteiger partial charge in [-0.2, -0.15) is 0 Å². The molecule has 0 radical (unpaired) electrons. The van der Waals surface area contributed by atoms with Gasteiger partial charge >= 0.3 is 0 Å². The molecule has 3 N–H and O–H groups in total. The van der Waals surface area contributed by atoms with Gasteiger partial charge in [0.25, 0.3) is 0 Å². The zero-order chi connectivity index (χ0) is 26.9. The molecule has 10 heteroatoms. The van der Waals surface area contributed by atoms with Crippen LogP contribution in [0.15, 0.2) is 29.8 Å². The molecule has 0 bridgehead atoms. The van der Waals surface area contributed by atoms with E-state index in [4.69, 9.17) is 0 Å². The highest BCUT2D eigenvalue weighted by molar-refractivity contribution is 7.13. The molecule has 3 atom stereocenters. The number of β-amino-alcohol motifs (C(OH)–C–C–N with tert-alkyl or cyclic N) is 1. The maximum absolute atomic E-state index is 13.6. The first kappa shape index (κ1) is 26.9. The van der Waals surface area contributed by atoms with Crippen LogP contribution in [0.25, 0.3) is 10.4 Å². The van der Waals surface area contributed by atoms with E-state index in [1.165, 1.54) is 4.90 Å². The second-order valence-electron chi connectivity index (χ2n) is 11.0. The van der Waals surface area contributed by atoms with Crippen LogP contribution in [0.4, 0.5) is 0 Å². The summed E-state index contributed by atoms with van der Waals surface area (Å²) in [5.74, 6) is -1.47. The molecule has 4 rings (SSSR count). The predicted octanol–water partition coefficient (Wildman–Crippen LogP) is 2.21. The van der Waals surface area contributed by atoms with Crippen LogP contribution in [0.2, 0.25) is 0 Å². The minimum absolute atomic E-state index is 0.0180. The Morgan fingerprint density at radius 1 is 1.16 bits per heavy atom. The average molecular weight is 527 g/mol. The van der Waals surface area contributed by atoms with Crippen molar-refractivity contribution in [1.29, 1.82) is 0 Å². The molecule has 0 spiro atoms. The monoisotopic (exact) mass is 526 g/mol. The second-order valence-corrected chi connectivity index (χ2v) is 11.9. The lowest BCUT2D eigenvalue weighted by atomic mass is 9.81. The van der Waals surface area contributed by atoms with E-state index in [0.29, 0.717) is 0 Å². The van der Waals surface area contributed by atoms with Gasteiger partial charge < -0.3 is 20.6 Å². The van der Waals surface area contributed by atoms with E-state index in [-0.39, 0.29) is 49.9 Å². The Balaban J connectivity index is 1.41. The van der Waals surface area contributed by atoms with Gasteiger partial charge in [0.1, 0.15) is 17.9 Å². The largest absolute Gasteiger partial charge is 0.391 e. The highest BCUT2D eigenvalue weighted by Gasteiger charge is 2.45. The van der Waals surface area contributed by atoms with Gasteiger partial charge in [-0.25, -0.2) is 4.98 Å². The Bertz CT molecular complexity index is 1180. The van der Waals surface area contributed by atoms with Crippen LogP contribution >= 0.6 is 11.3 Å². The highest BCUT2D eigenvalue weighted by Crippen LogP contribution is 2.29. The van der Waals surface area contributed by atoms with Crippen molar-refractivity contribution >= 4 is 34.8 Å². The number of aromatic nitrogens is 1. The van der Waals surface area contributed by atoms with Gasteiger partial charge in [0, 0.05) is 32.4 Å². The van der Waals surface area contributed by atoms with Crippen LogP contribution < -0.4 is 10.6 Å². The number of rotatable bonds is 7. The first-order valence-corrected chi connectivity index (χ1v) is 13.4. The van der Waals surface area contributed by atoms with Gasteiger partial charge in [0.05, 0.1) is 28.1 Å². The predicted molar refractivity (Wildman–Crippen MR) is 139 cm³/mol. The Morgan fingerprint density at radius 3 is 2.41 bits per heavy atom. The lowest BCUT2D eigenvalue weighted by Gasteiger charge is -2.36. The van der Waals surface area contributed by atoms with E-state index in [2.05, 4.69) is 15.6 Å². The second kappa shape index (κ2) is 10.7. The third-order valence-electron chi connectivity index (χ3n) is 7.01. The van der Waals surface area contributed by atoms with Crippen LogP contribution in [-0.2, 0) is 25.7 Å². The number of nitrogens with one attached hydrogen (secondary N) is 2. The van der Waals surface area contributed by atoms with E-state index in [1.807, 2.05) is 57.5 Å². The first-order chi connectivity index (χ1) is 17.4. The van der Waals surface area contributed by atoms with Gasteiger partial charge in [-0.15, -0.1) is 11.3 Å². The number of carbonyl (C=O) groups is 4. The third kappa shape index (κ3) is 6.07. The van der Waals surface area contributed by atoms with Crippen molar-refractivity contribution in [1.82, 2.24) is 20.5 Å². The summed E-state index contributed by atoms with van der Waals surface area (Å²) in [6.07, 6.45) is -0.324. The van der Waals surface area contributed by atoms with Crippen LogP contribution in [0, 0.1) is 18.3 Å². The molecule has 198 valence electrons. The molecule has 1 aromatic carbocycles. The Morgan fingerprint density at radius 2 is 1.84 bits per heavy atom. The third-order valence-corrected chi connectivity index (χ3v) is 7.99. The van der Waals surface area contributed by atoms with E-state index in [9.17, 15) is 24.3 Å². The van der Waals surface area contributed by atoms with Crippen molar-refractivity contribution in [3.63, 3.8) is 0 Å². The molecule has 2 aromatic rings. The van der Waals surface area contributed by atoms with E-state index >= 15 is 0 Å². The molecule has 37 heavy (non-hydrogen) atoms. The Hall–Kier alpha value is -3.11. The van der Waals surface area contributed by atoms with Gasteiger partial charge in [-0.3, -0.25) is 19.2 Å². The molecule has 1 saturated heterocycles. The summed E-state index contributed by atoms with van der Waals surface area (Å²) in [6.45, 7) is 7.77. The standard InChI is InChI=1S/C27H34N4O5S/c1-15-22(37-14-29-15)17-7-5-16(6-8-17)12-28-25(35)21-11-20(33)13-31(21)26(36)23(27(2,3)4)30-24(34)18-9-19(32)10-18/h5-8,14,18,20-21,23,33H,9-13H2,1-4H3,(H,28,35)(H,30,34)/t20-,21+,23-/m1/s1. The summed E-state index contributed by atoms with van der Waals surface area (Å²) in [4.78, 5) is 57.4. The molecular weight excluding hydrogens is 492 g/mol. The number of thiazole rings is 1. The molecule has 1 aliphatic heterocycles. The fourth-order valence-corrected chi connectivity index (χ4v) is 5.53. The number of benzene rings is 1. The summed E-state index contributed by atoms with van der Waals surface area (Å²) in [5, 5.41) is 16.0. The van der Waals surface area contributed by atoms with Crippen LogP contribution in [0.5, 0.6) is 0 Å². The number of nitrogens with zero attached hydrogens (tertiary/aromatic N) is 2. The molecular formula is C27H34N4O5S. The lowest BCUT2D eigenvalue weighted by Crippen LogP contribution is -2.59. The van der Waals surface area contributed by atoms with Crippen molar-refractivity contribution < 1.29 is 24.3 Å². The zero-order valence-corrected chi connectivity index (χ0v) is 22.4. The number of aliphatic hydroxyl groups excluding tert-OH is 1. The normalized spacial score (nSPS) is 20.9. The van der Waals surface area contributed by atoms with Gasteiger partial charge in [-0.05, 0) is 23.5 Å². The number of hydrogen-bond donors (Lipinski definition) is 3. The number of likely N-dealkylation sites (tertiary alicyclic amines) is 1. The molecule has 1 aromatic heterocycles. The number of carbonyl (C=O) groups excluding carboxylic acids is 4. The van der Waals surface area contributed by atoms with Gasteiger partial charge in [0.15, 0.2) is 0 Å². The maximum Gasteiger partial charge on any atom is 0.246 e. The summed E-state index contributed by atoms with van der Waals surface area (Å²) < 4.78 is 0. The fourth-order valence-electron chi connectivity index (χ4n) is 4.72. The zero-order valence-electron chi connectivity index (χ0n) is 21.6. The summed E-state index contributed by atoms with van der Waals surface area (Å²) >= 11 is 1.58. The molecule has 3 amide bonds. The lowest BCUT2D eigenvalue weighted by molar-refractivity contribution is -0.146. The molecule has 2 fully saturated rings. The van der Waals surface area contributed by atoms with Crippen molar-refractivity contribution in [3.05, 3.63) is 41.0 Å². The number of Topliss-reactive ketones (excluding diaryl/α,β-unsaturated/α-hetero) is 1. The van der Waals surface area contributed by atoms with Crippen LogP contribution in [0.1, 0.15) is 51.3 Å². The molecule has 1 saturated carbocycles. The number of amides is 3. The van der Waals surface area contributed by atoms with Crippen molar-refractivity contribution in [3.8, 4) is 10.4 Å². The molecule has 2 heterocycles. The van der Waals surface area contributed by atoms with Crippen LogP contribution in [-0.4, -0.2) is 63.2 Å². The summed E-state index contributed by atoms with van der Waals surface area (Å²) in [7, 11) is 0. The maximum atomic E-state index is 13.6. The number of aryl methyl sites for hydroxylation is 1. The Kier molecular flexibility index (Phi) is 7.80. The topological polar surface area (TPSA) is 129 Å². The number of hydrogen-bond acceptors (Lipinski definition) is 7. The molecule has 1 aliphatic carbocycles. The van der Waals surface area contributed by atoms with Crippen molar-refractivity contribution in [2.75, 3.05) is 6.54 Å². The number of aliphatic hydroxyl groups is 1. The molecule has 2 aliphatic rings. The minimum atomic E-state index is -0.890. The van der Waals surface area contributed by atoms with E-state index in [1.54, 1.807) is 11.3 Å². The molecule has 9 nitrogen and oxygen atoms in total. The summed E-state index contributed by atoms with van der Waals surface area (Å²) in [5.41, 5.74) is 4.12. The van der Waals surface area contributed by atoms with E-state index < -0.39 is 35.4 Å². The SMILES string of the molecule is Cc1ncsc1-c1ccc(CNC(=O)[C@@H]2C[C@@H](O)CN2C(=O)[C@@H](NC(=O)C2CC(=O)C2)C(C)(C)C)cc1. The Labute approximate surface area is 220 Å². The van der Waals surface area contributed by atoms with Crippen molar-refractivity contribution in [2.24, 2.45) is 11.3 Å². The van der Waals surface area contributed by atoms with Gasteiger partial charge in [0.2, 0.25) is 17.7 Å². The van der Waals surface area contributed by atoms with Gasteiger partial charge in [-0.1, -0.05) is 45.0 Å². The quantitative estimate of drug-likeness (QED) is 0.507.